The molecule has 1 amide bonds. The fraction of sp³-hybridized carbons (Fsp3) is 0.238. The average molecular weight is 348 g/mol. The van der Waals surface area contributed by atoms with Gasteiger partial charge in [0.05, 0.1) is 5.69 Å². The summed E-state index contributed by atoms with van der Waals surface area (Å²) in [4.78, 5) is 16.9. The summed E-state index contributed by atoms with van der Waals surface area (Å²) in [6.07, 6.45) is 4.38. The number of nitrogens with zero attached hydrogens (tertiary/aromatic N) is 1. The lowest BCUT2D eigenvalue weighted by Gasteiger charge is -2.10. The quantitative estimate of drug-likeness (QED) is 0.666. The summed E-state index contributed by atoms with van der Waals surface area (Å²) in [6.45, 7) is 0. The van der Waals surface area contributed by atoms with Crippen molar-refractivity contribution in [3.05, 3.63) is 60.0 Å². The topological polar surface area (TPSA) is 42.0 Å². The number of hydrogen-bond acceptors (Lipinski definition) is 3. The first kappa shape index (κ1) is 16.0. The van der Waals surface area contributed by atoms with E-state index >= 15 is 0 Å². The lowest BCUT2D eigenvalue weighted by molar-refractivity contribution is -0.119. The Morgan fingerprint density at radius 2 is 1.68 bits per heavy atom. The van der Waals surface area contributed by atoms with Gasteiger partial charge < -0.3 is 5.32 Å². The van der Waals surface area contributed by atoms with Gasteiger partial charge in [-0.2, -0.15) is 0 Å². The van der Waals surface area contributed by atoms with E-state index in [1.807, 2.05) is 42.5 Å². The van der Waals surface area contributed by atoms with Gasteiger partial charge in [-0.15, -0.1) is 11.3 Å². The van der Waals surface area contributed by atoms with Crippen molar-refractivity contribution in [1.29, 1.82) is 0 Å². The first-order valence-corrected chi connectivity index (χ1v) is 9.60. The van der Waals surface area contributed by atoms with Gasteiger partial charge >= 0.3 is 0 Å². The van der Waals surface area contributed by atoms with Crippen molar-refractivity contribution in [2.75, 3.05) is 5.32 Å². The zero-order valence-corrected chi connectivity index (χ0v) is 14.8. The molecular formula is C21H20N2OS. The maximum atomic E-state index is 12.2. The van der Waals surface area contributed by atoms with E-state index in [0.717, 1.165) is 40.4 Å². The Morgan fingerprint density at radius 3 is 2.40 bits per heavy atom. The maximum Gasteiger partial charge on any atom is 0.227 e. The van der Waals surface area contributed by atoms with Crippen LogP contribution in [0.4, 0.5) is 5.69 Å². The first-order chi connectivity index (χ1) is 12.3. The first-order valence-electron chi connectivity index (χ1n) is 8.72. The monoisotopic (exact) mass is 348 g/mol. The largest absolute Gasteiger partial charge is 0.326 e. The number of thiazole rings is 1. The van der Waals surface area contributed by atoms with Crippen molar-refractivity contribution in [1.82, 2.24) is 4.98 Å². The standard InChI is InChI=1S/C21H20N2OS/c24-20(16-6-4-5-7-16)22-18-12-10-15(11-13-18)19-14-25-21(23-19)17-8-2-1-3-9-17/h1-3,8-14,16H,4-7H2,(H,22,24). The van der Waals surface area contributed by atoms with Crippen LogP contribution >= 0.6 is 11.3 Å². The smallest absolute Gasteiger partial charge is 0.227 e. The third kappa shape index (κ3) is 3.64. The molecule has 1 heterocycles. The van der Waals surface area contributed by atoms with E-state index in [0.29, 0.717) is 0 Å². The lowest BCUT2D eigenvalue weighted by atomic mass is 10.1. The van der Waals surface area contributed by atoms with Gasteiger partial charge in [0.2, 0.25) is 5.91 Å². The van der Waals surface area contributed by atoms with Gasteiger partial charge in [-0.05, 0) is 25.0 Å². The summed E-state index contributed by atoms with van der Waals surface area (Å²) in [5, 5.41) is 6.14. The van der Waals surface area contributed by atoms with Gasteiger partial charge in [-0.25, -0.2) is 4.98 Å². The molecule has 0 unspecified atom stereocenters. The van der Waals surface area contributed by atoms with Gasteiger partial charge in [-0.3, -0.25) is 4.79 Å². The highest BCUT2D eigenvalue weighted by Gasteiger charge is 2.22. The SMILES string of the molecule is O=C(Nc1ccc(-c2csc(-c3ccccc3)n2)cc1)C1CCCC1. The molecule has 0 saturated heterocycles. The van der Waals surface area contributed by atoms with Crippen molar-refractivity contribution in [3.8, 4) is 21.8 Å². The lowest BCUT2D eigenvalue weighted by Crippen LogP contribution is -2.20. The number of amides is 1. The molecule has 0 atom stereocenters. The van der Waals surface area contributed by atoms with Crippen molar-refractivity contribution in [3.63, 3.8) is 0 Å². The minimum absolute atomic E-state index is 0.158. The van der Waals surface area contributed by atoms with Crippen LogP contribution in [0.2, 0.25) is 0 Å². The second-order valence-corrected chi connectivity index (χ2v) is 7.31. The molecule has 1 N–H and O–H groups in total. The zero-order valence-electron chi connectivity index (χ0n) is 13.9. The van der Waals surface area contributed by atoms with Crippen molar-refractivity contribution < 1.29 is 4.79 Å². The van der Waals surface area contributed by atoms with Crippen LogP contribution < -0.4 is 5.32 Å². The predicted molar refractivity (Wildman–Crippen MR) is 104 cm³/mol. The number of anilines is 1. The molecule has 0 aliphatic heterocycles. The van der Waals surface area contributed by atoms with Crippen molar-refractivity contribution >= 4 is 22.9 Å². The zero-order chi connectivity index (χ0) is 17.1. The molecule has 3 aromatic rings. The van der Waals surface area contributed by atoms with E-state index in [1.54, 1.807) is 11.3 Å². The number of carbonyl (C=O) groups is 1. The molecule has 1 saturated carbocycles. The Morgan fingerprint density at radius 1 is 0.960 bits per heavy atom. The van der Waals surface area contributed by atoms with Crippen molar-refractivity contribution in [2.45, 2.75) is 25.7 Å². The Hall–Kier alpha value is -2.46. The highest BCUT2D eigenvalue weighted by Crippen LogP contribution is 2.30. The van der Waals surface area contributed by atoms with Crippen LogP contribution in [0.15, 0.2) is 60.0 Å². The third-order valence-corrected chi connectivity index (χ3v) is 5.59. The van der Waals surface area contributed by atoms with Crippen LogP contribution in [0.5, 0.6) is 0 Å². The molecular weight excluding hydrogens is 328 g/mol. The average Bonchev–Trinajstić information content (AvgIpc) is 3.35. The van der Waals surface area contributed by atoms with Gasteiger partial charge in [0.15, 0.2) is 0 Å². The van der Waals surface area contributed by atoms with Crippen molar-refractivity contribution in [2.24, 2.45) is 5.92 Å². The predicted octanol–water partition coefficient (Wildman–Crippen LogP) is 5.61. The number of nitrogens with one attached hydrogen (secondary N) is 1. The molecule has 3 nitrogen and oxygen atoms in total. The molecule has 2 aromatic carbocycles. The van der Waals surface area contributed by atoms with E-state index in [1.165, 1.54) is 12.8 Å². The molecule has 1 aliphatic carbocycles. The summed E-state index contributed by atoms with van der Waals surface area (Å²) >= 11 is 1.65. The van der Waals surface area contributed by atoms with E-state index < -0.39 is 0 Å². The van der Waals surface area contributed by atoms with Crippen LogP contribution in [-0.2, 0) is 4.79 Å². The molecule has 0 spiro atoms. The normalized spacial score (nSPS) is 14.6. The minimum atomic E-state index is 0.158. The third-order valence-electron chi connectivity index (χ3n) is 4.70. The molecule has 4 rings (SSSR count). The molecule has 4 heteroatoms. The maximum absolute atomic E-state index is 12.2. The summed E-state index contributed by atoms with van der Waals surface area (Å²) < 4.78 is 0. The van der Waals surface area contributed by atoms with E-state index in [2.05, 4.69) is 22.8 Å². The highest BCUT2D eigenvalue weighted by atomic mass is 32.1. The fourth-order valence-corrected chi connectivity index (χ4v) is 4.11. The minimum Gasteiger partial charge on any atom is -0.326 e. The van der Waals surface area contributed by atoms with Gasteiger partial charge in [0, 0.05) is 28.1 Å². The summed E-state index contributed by atoms with van der Waals surface area (Å²) in [5.41, 5.74) is 4.04. The van der Waals surface area contributed by atoms with E-state index in [9.17, 15) is 4.79 Å². The molecule has 1 aliphatic rings. The Bertz CT molecular complexity index is 849. The molecule has 1 aromatic heterocycles. The molecule has 126 valence electrons. The number of rotatable bonds is 4. The number of aromatic nitrogens is 1. The number of carbonyl (C=O) groups excluding carboxylic acids is 1. The van der Waals surface area contributed by atoms with Gasteiger partial charge in [0.1, 0.15) is 5.01 Å². The van der Waals surface area contributed by atoms with Crippen LogP contribution in [0.1, 0.15) is 25.7 Å². The summed E-state index contributed by atoms with van der Waals surface area (Å²) in [6, 6.07) is 18.2. The summed E-state index contributed by atoms with van der Waals surface area (Å²) in [5.74, 6) is 0.344. The van der Waals surface area contributed by atoms with Gasteiger partial charge in [-0.1, -0.05) is 55.3 Å². The van der Waals surface area contributed by atoms with Crippen LogP contribution in [0.3, 0.4) is 0 Å². The van der Waals surface area contributed by atoms with Crippen LogP contribution in [0, 0.1) is 5.92 Å². The number of benzene rings is 2. The second-order valence-electron chi connectivity index (χ2n) is 6.45. The van der Waals surface area contributed by atoms with Crippen LogP contribution in [-0.4, -0.2) is 10.9 Å². The number of hydrogen-bond donors (Lipinski definition) is 1. The fourth-order valence-electron chi connectivity index (χ4n) is 3.28. The second kappa shape index (κ2) is 7.19. The van der Waals surface area contributed by atoms with E-state index in [-0.39, 0.29) is 11.8 Å². The molecule has 25 heavy (non-hydrogen) atoms. The van der Waals surface area contributed by atoms with Gasteiger partial charge in [0.25, 0.3) is 0 Å². The molecule has 0 radical (unpaired) electrons. The Balaban J connectivity index is 1.47. The van der Waals surface area contributed by atoms with Crippen LogP contribution in [0.25, 0.3) is 21.8 Å². The molecule has 1 fully saturated rings. The Labute approximate surface area is 151 Å². The Kier molecular flexibility index (Phi) is 4.61. The summed E-state index contributed by atoms with van der Waals surface area (Å²) in [7, 11) is 0. The molecule has 0 bridgehead atoms. The van der Waals surface area contributed by atoms with E-state index in [4.69, 9.17) is 4.98 Å². The highest BCUT2D eigenvalue weighted by molar-refractivity contribution is 7.13.